The van der Waals surface area contributed by atoms with Gasteiger partial charge in [0.25, 0.3) is 0 Å². The van der Waals surface area contributed by atoms with E-state index in [0.29, 0.717) is 0 Å². The fourth-order valence-electron chi connectivity index (χ4n) is 10.3. The highest BCUT2D eigenvalue weighted by Gasteiger charge is 2.20. The second kappa shape index (κ2) is 13.7. The standard InChI is InChI=1S/C60H38N2/c1-3-16-39(17-4-1)40-18-15-19-43(34-40)52-37-45(38-55-48-24-8-7-22-46(48)47-23-9-10-27-51(47)60(52)55)62-57-29-14-12-26-50(57)54-36-42(31-33-59(54)62)41-30-32-58-53(35-41)49-25-11-13-28-56(49)61(58)44-20-5-2-6-21-44/h1-38H. The number of para-hydroxylation sites is 3. The van der Waals surface area contributed by atoms with Crippen molar-refractivity contribution < 1.29 is 0 Å². The van der Waals surface area contributed by atoms with E-state index in [0.717, 1.165) is 5.69 Å². The van der Waals surface area contributed by atoms with Gasteiger partial charge in [0.05, 0.1) is 22.1 Å². The molecule has 13 aromatic rings. The third kappa shape index (κ3) is 5.23. The van der Waals surface area contributed by atoms with E-state index in [1.165, 1.54) is 115 Å². The Morgan fingerprint density at radius 2 is 0.645 bits per heavy atom. The highest BCUT2D eigenvalue weighted by Crippen LogP contribution is 2.44. The summed E-state index contributed by atoms with van der Waals surface area (Å²) < 4.78 is 4.87. The minimum Gasteiger partial charge on any atom is -0.309 e. The molecule has 2 aromatic heterocycles. The molecule has 0 aliphatic rings. The van der Waals surface area contributed by atoms with Crippen LogP contribution in [-0.2, 0) is 0 Å². The van der Waals surface area contributed by atoms with E-state index >= 15 is 0 Å². The molecule has 0 aliphatic heterocycles. The fourth-order valence-corrected chi connectivity index (χ4v) is 10.3. The minimum absolute atomic E-state index is 1.15. The second-order valence-corrected chi connectivity index (χ2v) is 16.5. The first-order valence-electron chi connectivity index (χ1n) is 21.4. The zero-order valence-corrected chi connectivity index (χ0v) is 33.8. The predicted molar refractivity (Wildman–Crippen MR) is 264 cm³/mol. The van der Waals surface area contributed by atoms with Crippen LogP contribution in [0.4, 0.5) is 0 Å². The number of rotatable bonds is 5. The zero-order chi connectivity index (χ0) is 40.7. The smallest absolute Gasteiger partial charge is 0.0541 e. The van der Waals surface area contributed by atoms with Gasteiger partial charge in [0.1, 0.15) is 0 Å². The summed E-state index contributed by atoms with van der Waals surface area (Å²) in [7, 11) is 0. The lowest BCUT2D eigenvalue weighted by atomic mass is 9.88. The van der Waals surface area contributed by atoms with Gasteiger partial charge in [0.15, 0.2) is 0 Å². The lowest BCUT2D eigenvalue weighted by Crippen LogP contribution is -1.97. The van der Waals surface area contributed by atoms with Crippen LogP contribution in [0.2, 0.25) is 0 Å². The molecule has 0 spiro atoms. The number of fused-ring (bicyclic) bond motifs is 12. The lowest BCUT2D eigenvalue weighted by molar-refractivity contribution is 1.18. The van der Waals surface area contributed by atoms with E-state index in [4.69, 9.17) is 0 Å². The molecule has 2 heteroatoms. The Balaban J connectivity index is 1.06. The molecule has 0 aliphatic carbocycles. The van der Waals surface area contributed by atoms with Gasteiger partial charge in [0.2, 0.25) is 0 Å². The Bertz CT molecular complexity index is 3910. The minimum atomic E-state index is 1.15. The summed E-state index contributed by atoms with van der Waals surface area (Å²) in [6, 6.07) is 84.8. The average molecular weight is 787 g/mol. The molecule has 0 unspecified atom stereocenters. The van der Waals surface area contributed by atoms with Crippen LogP contribution in [0.25, 0.3) is 121 Å². The van der Waals surface area contributed by atoms with Crippen molar-refractivity contribution in [2.75, 3.05) is 0 Å². The number of aromatic nitrogens is 2. The van der Waals surface area contributed by atoms with Gasteiger partial charge in [0, 0.05) is 32.9 Å². The van der Waals surface area contributed by atoms with E-state index in [2.05, 4.69) is 240 Å². The summed E-state index contributed by atoms with van der Waals surface area (Å²) in [4.78, 5) is 0. The predicted octanol–water partition coefficient (Wildman–Crippen LogP) is 16.3. The molecule has 0 radical (unpaired) electrons. The summed E-state index contributed by atoms with van der Waals surface area (Å²) in [5.74, 6) is 0. The topological polar surface area (TPSA) is 9.86 Å². The molecular weight excluding hydrogens is 749 g/mol. The monoisotopic (exact) mass is 786 g/mol. The SMILES string of the molecule is c1ccc(-c2cccc(-c3cc(-n4c5ccccc5c5cc(-c6ccc7c(c6)c6ccccc6n7-c6ccccc6)ccc54)cc4c5ccccc5c5ccccc5c34)c2)cc1. The highest BCUT2D eigenvalue weighted by atomic mass is 15.0. The van der Waals surface area contributed by atoms with Crippen LogP contribution in [0.3, 0.4) is 0 Å². The Hall–Kier alpha value is -8.20. The van der Waals surface area contributed by atoms with E-state index in [-0.39, 0.29) is 0 Å². The molecule has 0 atom stereocenters. The summed E-state index contributed by atoms with van der Waals surface area (Å²) in [6.45, 7) is 0. The summed E-state index contributed by atoms with van der Waals surface area (Å²) in [5.41, 5.74) is 14.4. The van der Waals surface area contributed by atoms with Gasteiger partial charge in [-0.1, -0.05) is 164 Å². The van der Waals surface area contributed by atoms with Gasteiger partial charge in [-0.3, -0.25) is 0 Å². The highest BCUT2D eigenvalue weighted by molar-refractivity contribution is 6.29. The molecule has 11 aromatic carbocycles. The molecule has 0 saturated carbocycles. The zero-order valence-electron chi connectivity index (χ0n) is 33.8. The lowest BCUT2D eigenvalue weighted by Gasteiger charge is -2.18. The van der Waals surface area contributed by atoms with Gasteiger partial charge >= 0.3 is 0 Å². The second-order valence-electron chi connectivity index (χ2n) is 16.5. The van der Waals surface area contributed by atoms with E-state index in [9.17, 15) is 0 Å². The van der Waals surface area contributed by atoms with Crippen molar-refractivity contribution in [3.05, 3.63) is 231 Å². The third-order valence-corrected chi connectivity index (χ3v) is 13.1. The first kappa shape index (κ1) is 34.6. The first-order valence-corrected chi connectivity index (χ1v) is 21.4. The molecule has 288 valence electrons. The van der Waals surface area contributed by atoms with Gasteiger partial charge < -0.3 is 9.13 Å². The molecular formula is C60H38N2. The van der Waals surface area contributed by atoms with Crippen LogP contribution in [-0.4, -0.2) is 9.13 Å². The average Bonchev–Trinajstić information content (AvgIpc) is 3.86. The number of nitrogens with zero attached hydrogens (tertiary/aromatic N) is 2. The van der Waals surface area contributed by atoms with Gasteiger partial charge in [-0.15, -0.1) is 0 Å². The molecule has 2 heterocycles. The normalized spacial score (nSPS) is 11.9. The van der Waals surface area contributed by atoms with Crippen molar-refractivity contribution in [2.45, 2.75) is 0 Å². The van der Waals surface area contributed by atoms with Crippen LogP contribution in [0.1, 0.15) is 0 Å². The van der Waals surface area contributed by atoms with Crippen LogP contribution < -0.4 is 0 Å². The molecule has 62 heavy (non-hydrogen) atoms. The third-order valence-electron chi connectivity index (χ3n) is 13.1. The summed E-state index contributed by atoms with van der Waals surface area (Å²) in [5, 5.41) is 12.6. The molecule has 0 bridgehead atoms. The van der Waals surface area contributed by atoms with E-state index < -0.39 is 0 Å². The Labute approximate surface area is 358 Å². The Kier molecular flexibility index (Phi) is 7.64. The van der Waals surface area contributed by atoms with Crippen molar-refractivity contribution >= 4 is 75.9 Å². The van der Waals surface area contributed by atoms with Crippen molar-refractivity contribution in [3.8, 4) is 44.8 Å². The molecule has 0 N–H and O–H groups in total. The maximum Gasteiger partial charge on any atom is 0.0541 e. The van der Waals surface area contributed by atoms with Crippen molar-refractivity contribution in [1.29, 1.82) is 0 Å². The molecule has 13 rings (SSSR count). The van der Waals surface area contributed by atoms with Gasteiger partial charge in [-0.25, -0.2) is 0 Å². The quantitative estimate of drug-likeness (QED) is 0.154. The van der Waals surface area contributed by atoms with E-state index in [1.807, 2.05) is 0 Å². The molecule has 2 nitrogen and oxygen atoms in total. The summed E-state index contributed by atoms with van der Waals surface area (Å²) >= 11 is 0. The fraction of sp³-hybridized carbons (Fsp3) is 0. The molecule has 0 fully saturated rings. The maximum atomic E-state index is 2.49. The number of benzene rings is 11. The largest absolute Gasteiger partial charge is 0.309 e. The molecule has 0 amide bonds. The Morgan fingerprint density at radius 1 is 0.210 bits per heavy atom. The van der Waals surface area contributed by atoms with Crippen LogP contribution in [0, 0.1) is 0 Å². The summed E-state index contributed by atoms with van der Waals surface area (Å²) in [6.07, 6.45) is 0. The number of hydrogen-bond acceptors (Lipinski definition) is 0. The molecule has 0 saturated heterocycles. The van der Waals surface area contributed by atoms with Gasteiger partial charge in [-0.2, -0.15) is 0 Å². The Morgan fingerprint density at radius 3 is 1.27 bits per heavy atom. The van der Waals surface area contributed by atoms with Crippen molar-refractivity contribution in [3.63, 3.8) is 0 Å². The van der Waals surface area contributed by atoms with Crippen LogP contribution >= 0.6 is 0 Å². The van der Waals surface area contributed by atoms with Crippen LogP contribution in [0.5, 0.6) is 0 Å². The number of hydrogen-bond donors (Lipinski definition) is 0. The van der Waals surface area contributed by atoms with E-state index in [1.54, 1.807) is 0 Å². The maximum absolute atomic E-state index is 2.49. The van der Waals surface area contributed by atoms with Gasteiger partial charge in [-0.05, 0) is 132 Å². The van der Waals surface area contributed by atoms with Crippen molar-refractivity contribution in [2.24, 2.45) is 0 Å². The van der Waals surface area contributed by atoms with Crippen LogP contribution in [0.15, 0.2) is 231 Å². The van der Waals surface area contributed by atoms with Crippen molar-refractivity contribution in [1.82, 2.24) is 9.13 Å². The first-order chi connectivity index (χ1) is 30.8.